The quantitative estimate of drug-likeness (QED) is 0.562. The second-order valence-electron chi connectivity index (χ2n) is 7.18. The molecule has 1 saturated heterocycles. The van der Waals surface area contributed by atoms with Gasteiger partial charge < -0.3 is 19.5 Å². The van der Waals surface area contributed by atoms with Gasteiger partial charge in [-0.3, -0.25) is 9.59 Å². The van der Waals surface area contributed by atoms with Gasteiger partial charge in [-0.05, 0) is 42.0 Å². The summed E-state index contributed by atoms with van der Waals surface area (Å²) in [6.45, 7) is 0.902. The normalized spacial score (nSPS) is 21.4. The van der Waals surface area contributed by atoms with Crippen molar-refractivity contribution in [3.63, 3.8) is 0 Å². The first-order valence-corrected chi connectivity index (χ1v) is 10.5. The number of Topliss-reactive ketones (excluding diaryl/α,β-unsaturated/α-hetero) is 1. The molecule has 4 rings (SSSR count). The topological polar surface area (TPSA) is 93.1 Å². The first-order valence-electron chi connectivity index (χ1n) is 9.63. The Hall–Kier alpha value is -2.97. The monoisotopic (exact) mass is 427 g/mol. The highest BCUT2D eigenvalue weighted by Gasteiger charge is 2.45. The Morgan fingerprint density at radius 3 is 2.63 bits per heavy atom. The van der Waals surface area contributed by atoms with Crippen LogP contribution in [0.3, 0.4) is 0 Å². The maximum absolute atomic E-state index is 13.2. The molecule has 156 valence electrons. The van der Waals surface area contributed by atoms with Crippen LogP contribution in [0.1, 0.15) is 44.5 Å². The number of carbonyl (C=O) groups excluding carboxylic acids is 3. The molecule has 0 bridgehead atoms. The summed E-state index contributed by atoms with van der Waals surface area (Å²) in [5.74, 6) is -1.98. The average molecular weight is 427 g/mol. The molecule has 2 atom stereocenters. The number of methoxy groups -OCH3 is 1. The predicted octanol–water partition coefficient (Wildman–Crippen LogP) is 3.29. The zero-order valence-electron chi connectivity index (χ0n) is 16.4. The third-order valence-electron chi connectivity index (χ3n) is 5.37. The van der Waals surface area contributed by atoms with E-state index >= 15 is 0 Å². The van der Waals surface area contributed by atoms with Crippen molar-refractivity contribution in [2.45, 2.75) is 25.0 Å². The maximum Gasteiger partial charge on any atom is 0.337 e. The molecule has 1 aromatic carbocycles. The summed E-state index contributed by atoms with van der Waals surface area (Å²) in [5.41, 5.74) is 1.03. The Labute approximate surface area is 177 Å². The number of hydrogen-bond acceptors (Lipinski definition) is 7. The van der Waals surface area contributed by atoms with Gasteiger partial charge in [0.2, 0.25) is 5.78 Å². The SMILES string of the molecule is COC(=O)c1ccc([C@@H]2C(C(=O)c3cccs3)=C(O)C(=O)N2C[C@@H]2CCCO2)cc1. The minimum absolute atomic E-state index is 0.0475. The van der Waals surface area contributed by atoms with Gasteiger partial charge in [0.1, 0.15) is 0 Å². The van der Waals surface area contributed by atoms with Gasteiger partial charge in [-0.25, -0.2) is 4.79 Å². The number of esters is 1. The lowest BCUT2D eigenvalue weighted by Crippen LogP contribution is -2.37. The van der Waals surface area contributed by atoms with Crippen LogP contribution in [0.25, 0.3) is 0 Å². The van der Waals surface area contributed by atoms with Gasteiger partial charge in [-0.15, -0.1) is 11.3 Å². The Kier molecular flexibility index (Phi) is 5.69. The second-order valence-corrected chi connectivity index (χ2v) is 8.13. The number of carbonyl (C=O) groups is 3. The molecule has 2 aliphatic rings. The van der Waals surface area contributed by atoms with Gasteiger partial charge in [0.25, 0.3) is 5.91 Å². The van der Waals surface area contributed by atoms with Gasteiger partial charge in [0, 0.05) is 13.2 Å². The number of benzene rings is 1. The molecule has 8 heteroatoms. The second kappa shape index (κ2) is 8.41. The van der Waals surface area contributed by atoms with E-state index in [2.05, 4.69) is 0 Å². The molecule has 1 N–H and O–H groups in total. The average Bonchev–Trinajstić information content (AvgIpc) is 3.52. The number of ether oxygens (including phenoxy) is 2. The summed E-state index contributed by atoms with van der Waals surface area (Å²) in [5, 5.41) is 12.4. The Balaban J connectivity index is 1.73. The molecule has 3 heterocycles. The van der Waals surface area contributed by atoms with Crippen molar-refractivity contribution in [2.24, 2.45) is 0 Å². The number of hydrogen-bond donors (Lipinski definition) is 1. The minimum Gasteiger partial charge on any atom is -0.503 e. The molecule has 1 fully saturated rings. The van der Waals surface area contributed by atoms with Crippen LogP contribution in [0, 0.1) is 0 Å². The molecule has 0 radical (unpaired) electrons. The van der Waals surface area contributed by atoms with Crippen LogP contribution in [-0.4, -0.2) is 54.0 Å². The first-order chi connectivity index (χ1) is 14.5. The molecular weight excluding hydrogens is 406 g/mol. The van der Waals surface area contributed by atoms with Gasteiger partial charge in [-0.2, -0.15) is 0 Å². The summed E-state index contributed by atoms with van der Waals surface area (Å²) in [6, 6.07) is 9.16. The maximum atomic E-state index is 13.2. The van der Waals surface area contributed by atoms with Gasteiger partial charge in [-0.1, -0.05) is 18.2 Å². The molecule has 1 amide bonds. The molecule has 0 aliphatic carbocycles. The van der Waals surface area contributed by atoms with E-state index < -0.39 is 23.7 Å². The molecule has 0 saturated carbocycles. The van der Waals surface area contributed by atoms with Crippen LogP contribution in [0.2, 0.25) is 0 Å². The van der Waals surface area contributed by atoms with Crippen molar-refractivity contribution in [3.05, 3.63) is 69.1 Å². The van der Waals surface area contributed by atoms with E-state index in [1.165, 1.54) is 23.3 Å². The zero-order chi connectivity index (χ0) is 21.3. The summed E-state index contributed by atoms with van der Waals surface area (Å²) in [6.07, 6.45) is 1.58. The van der Waals surface area contributed by atoms with E-state index in [1.54, 1.807) is 41.8 Å². The smallest absolute Gasteiger partial charge is 0.337 e. The third-order valence-corrected chi connectivity index (χ3v) is 6.23. The number of aliphatic hydroxyl groups is 1. The lowest BCUT2D eigenvalue weighted by molar-refractivity contribution is -0.131. The molecular formula is C22H21NO6S. The Morgan fingerprint density at radius 2 is 2.03 bits per heavy atom. The number of nitrogens with zero attached hydrogens (tertiary/aromatic N) is 1. The van der Waals surface area contributed by atoms with Crippen molar-refractivity contribution in [2.75, 3.05) is 20.3 Å². The van der Waals surface area contributed by atoms with Crippen molar-refractivity contribution >= 4 is 29.0 Å². The predicted molar refractivity (Wildman–Crippen MR) is 110 cm³/mol. The molecule has 0 spiro atoms. The van der Waals surface area contributed by atoms with Gasteiger partial charge >= 0.3 is 5.97 Å². The van der Waals surface area contributed by atoms with E-state index in [0.717, 1.165) is 12.8 Å². The summed E-state index contributed by atoms with van der Waals surface area (Å²) in [7, 11) is 1.30. The third kappa shape index (κ3) is 3.64. The van der Waals surface area contributed by atoms with E-state index in [4.69, 9.17) is 9.47 Å². The van der Waals surface area contributed by atoms with Crippen molar-refractivity contribution in [1.82, 2.24) is 4.90 Å². The Bertz CT molecular complexity index is 989. The fraction of sp³-hybridized carbons (Fsp3) is 0.318. The van der Waals surface area contributed by atoms with Crippen molar-refractivity contribution < 1.29 is 29.0 Å². The summed E-state index contributed by atoms with van der Waals surface area (Å²) >= 11 is 1.25. The zero-order valence-corrected chi connectivity index (χ0v) is 17.2. The Morgan fingerprint density at radius 1 is 1.27 bits per heavy atom. The number of thiophene rings is 1. The highest BCUT2D eigenvalue weighted by molar-refractivity contribution is 7.12. The molecule has 7 nitrogen and oxygen atoms in total. The van der Waals surface area contributed by atoms with E-state index in [1.807, 2.05) is 0 Å². The van der Waals surface area contributed by atoms with E-state index in [-0.39, 0.29) is 24.0 Å². The molecule has 1 aromatic heterocycles. The first kappa shape index (κ1) is 20.3. The molecule has 0 unspecified atom stereocenters. The van der Waals surface area contributed by atoms with Crippen molar-refractivity contribution in [1.29, 1.82) is 0 Å². The largest absolute Gasteiger partial charge is 0.503 e. The standard InChI is InChI=1S/C22H21NO6S/c1-28-22(27)14-8-6-13(7-9-14)18-17(19(24)16-5-3-11-30-16)20(25)21(26)23(18)12-15-4-2-10-29-15/h3,5-9,11,15,18,25H,2,4,10,12H2,1H3/t15-,18+/m0/s1. The number of amides is 1. The molecule has 30 heavy (non-hydrogen) atoms. The van der Waals surface area contributed by atoms with Gasteiger partial charge in [0.05, 0.1) is 35.3 Å². The molecule has 2 aliphatic heterocycles. The fourth-order valence-electron chi connectivity index (χ4n) is 3.89. The lowest BCUT2D eigenvalue weighted by atomic mass is 9.94. The number of aliphatic hydroxyl groups excluding tert-OH is 1. The number of ketones is 1. The fourth-order valence-corrected chi connectivity index (χ4v) is 4.57. The van der Waals surface area contributed by atoms with E-state index in [9.17, 15) is 19.5 Å². The summed E-state index contributed by atoms with van der Waals surface area (Å²) < 4.78 is 10.4. The number of rotatable bonds is 6. The van der Waals surface area contributed by atoms with Crippen LogP contribution in [0.4, 0.5) is 0 Å². The highest BCUT2D eigenvalue weighted by atomic mass is 32.1. The van der Waals surface area contributed by atoms with Crippen LogP contribution in [0.15, 0.2) is 53.1 Å². The van der Waals surface area contributed by atoms with Crippen LogP contribution in [-0.2, 0) is 14.3 Å². The van der Waals surface area contributed by atoms with Crippen LogP contribution in [0.5, 0.6) is 0 Å². The van der Waals surface area contributed by atoms with Gasteiger partial charge in [0.15, 0.2) is 5.76 Å². The van der Waals surface area contributed by atoms with Crippen molar-refractivity contribution in [3.8, 4) is 0 Å². The van der Waals surface area contributed by atoms with Crippen LogP contribution >= 0.6 is 11.3 Å². The summed E-state index contributed by atoms with van der Waals surface area (Å²) in [4.78, 5) is 39.8. The molecule has 2 aromatic rings. The van der Waals surface area contributed by atoms with E-state index in [0.29, 0.717) is 22.6 Å². The van der Waals surface area contributed by atoms with Crippen LogP contribution < -0.4 is 0 Å². The highest BCUT2D eigenvalue weighted by Crippen LogP contribution is 2.40. The lowest BCUT2D eigenvalue weighted by Gasteiger charge is -2.29. The minimum atomic E-state index is -0.761.